The summed E-state index contributed by atoms with van der Waals surface area (Å²) in [6, 6.07) is 0.825. The normalized spacial score (nSPS) is 13.3. The molecular formula is C8H7Cl2F2NO. The van der Waals surface area contributed by atoms with Crippen molar-refractivity contribution in [2.45, 2.75) is 12.5 Å². The van der Waals surface area contributed by atoms with E-state index in [4.69, 9.17) is 28.9 Å². The SMILES string of the molecule is N[C@@H](c1cc(Cl)cc(Cl)c1O)C(F)F. The Bertz CT molecular complexity index is 346. The summed E-state index contributed by atoms with van der Waals surface area (Å²) in [5.74, 6) is -0.455. The lowest BCUT2D eigenvalue weighted by molar-refractivity contribution is 0.115. The van der Waals surface area contributed by atoms with E-state index in [1.54, 1.807) is 0 Å². The smallest absolute Gasteiger partial charge is 0.257 e. The molecule has 2 nitrogen and oxygen atoms in total. The number of hydrogen-bond donors (Lipinski definition) is 2. The zero-order valence-corrected chi connectivity index (χ0v) is 8.36. The number of nitrogens with two attached hydrogens (primary N) is 1. The first-order chi connectivity index (χ1) is 6.43. The van der Waals surface area contributed by atoms with Crippen LogP contribution in [0.5, 0.6) is 5.75 Å². The van der Waals surface area contributed by atoms with Gasteiger partial charge in [0.2, 0.25) is 0 Å². The summed E-state index contributed by atoms with van der Waals surface area (Å²) in [5.41, 5.74) is 4.99. The lowest BCUT2D eigenvalue weighted by Crippen LogP contribution is -2.19. The lowest BCUT2D eigenvalue weighted by Gasteiger charge is -2.13. The molecule has 0 heterocycles. The van der Waals surface area contributed by atoms with Crippen molar-refractivity contribution < 1.29 is 13.9 Å². The highest BCUT2D eigenvalue weighted by Crippen LogP contribution is 2.35. The predicted molar refractivity (Wildman–Crippen MR) is 51.1 cm³/mol. The molecule has 6 heteroatoms. The van der Waals surface area contributed by atoms with E-state index in [2.05, 4.69) is 0 Å². The first kappa shape index (κ1) is 11.5. The summed E-state index contributed by atoms with van der Waals surface area (Å²) >= 11 is 11.1. The third-order valence-corrected chi connectivity index (χ3v) is 2.19. The second kappa shape index (κ2) is 4.29. The Hall–Kier alpha value is -0.580. The summed E-state index contributed by atoms with van der Waals surface area (Å²) in [7, 11) is 0. The number of alkyl halides is 2. The molecule has 0 aliphatic rings. The Morgan fingerprint density at radius 3 is 2.36 bits per heavy atom. The minimum Gasteiger partial charge on any atom is -0.506 e. The first-order valence-electron chi connectivity index (χ1n) is 3.65. The Labute approximate surface area is 89.2 Å². The molecule has 1 rings (SSSR count). The maximum absolute atomic E-state index is 12.2. The molecule has 1 aromatic carbocycles. The molecule has 0 aliphatic heterocycles. The molecular weight excluding hydrogens is 235 g/mol. The molecule has 1 atom stereocenters. The van der Waals surface area contributed by atoms with Gasteiger partial charge in [-0.3, -0.25) is 0 Å². The van der Waals surface area contributed by atoms with Crippen LogP contribution in [-0.2, 0) is 0 Å². The number of phenols is 1. The molecule has 14 heavy (non-hydrogen) atoms. The van der Waals surface area contributed by atoms with E-state index >= 15 is 0 Å². The number of hydrogen-bond acceptors (Lipinski definition) is 2. The predicted octanol–water partition coefficient (Wildman–Crippen LogP) is 2.96. The topological polar surface area (TPSA) is 46.2 Å². The van der Waals surface area contributed by atoms with Crippen molar-refractivity contribution in [2.75, 3.05) is 0 Å². The maximum atomic E-state index is 12.2. The highest BCUT2D eigenvalue weighted by Gasteiger charge is 2.22. The second-order valence-corrected chi connectivity index (χ2v) is 3.53. The van der Waals surface area contributed by atoms with Crippen molar-refractivity contribution >= 4 is 23.2 Å². The zero-order chi connectivity index (χ0) is 10.9. The average molecular weight is 242 g/mol. The van der Waals surface area contributed by atoms with Gasteiger partial charge in [-0.1, -0.05) is 23.2 Å². The van der Waals surface area contributed by atoms with Crippen LogP contribution in [-0.4, -0.2) is 11.5 Å². The Kier molecular flexibility index (Phi) is 3.53. The largest absolute Gasteiger partial charge is 0.506 e. The van der Waals surface area contributed by atoms with Gasteiger partial charge in [0.05, 0.1) is 11.1 Å². The van der Waals surface area contributed by atoms with Gasteiger partial charge in [-0.2, -0.15) is 0 Å². The maximum Gasteiger partial charge on any atom is 0.257 e. The van der Waals surface area contributed by atoms with Gasteiger partial charge in [0.1, 0.15) is 5.75 Å². The van der Waals surface area contributed by atoms with Crippen molar-refractivity contribution in [1.82, 2.24) is 0 Å². The van der Waals surface area contributed by atoms with Crippen LogP contribution in [0.15, 0.2) is 12.1 Å². The second-order valence-electron chi connectivity index (χ2n) is 2.69. The Morgan fingerprint density at radius 2 is 1.86 bits per heavy atom. The highest BCUT2D eigenvalue weighted by atomic mass is 35.5. The van der Waals surface area contributed by atoms with Gasteiger partial charge in [0.15, 0.2) is 0 Å². The lowest BCUT2D eigenvalue weighted by atomic mass is 10.1. The fourth-order valence-electron chi connectivity index (χ4n) is 0.976. The van der Waals surface area contributed by atoms with Crippen molar-refractivity contribution in [3.05, 3.63) is 27.7 Å². The minimum atomic E-state index is -2.78. The monoisotopic (exact) mass is 241 g/mol. The summed E-state index contributed by atoms with van der Waals surface area (Å²) in [6.45, 7) is 0. The van der Waals surface area contributed by atoms with Crippen LogP contribution in [0.3, 0.4) is 0 Å². The molecule has 0 radical (unpaired) electrons. The van der Waals surface area contributed by atoms with Crippen molar-refractivity contribution in [1.29, 1.82) is 0 Å². The molecule has 0 fully saturated rings. The van der Waals surface area contributed by atoms with E-state index < -0.39 is 18.2 Å². The van der Waals surface area contributed by atoms with Crippen LogP contribution in [0.25, 0.3) is 0 Å². The third-order valence-electron chi connectivity index (χ3n) is 1.69. The molecule has 0 bridgehead atoms. The number of halogens is 4. The van der Waals surface area contributed by atoms with Gasteiger partial charge < -0.3 is 10.8 Å². The molecule has 0 saturated heterocycles. The first-order valence-corrected chi connectivity index (χ1v) is 4.40. The van der Waals surface area contributed by atoms with E-state index in [1.807, 2.05) is 0 Å². The van der Waals surface area contributed by atoms with Gasteiger partial charge in [-0.15, -0.1) is 0 Å². The van der Waals surface area contributed by atoms with E-state index in [-0.39, 0.29) is 15.6 Å². The van der Waals surface area contributed by atoms with Crippen molar-refractivity contribution in [2.24, 2.45) is 5.73 Å². The minimum absolute atomic E-state index is 0.0939. The van der Waals surface area contributed by atoms with Gasteiger partial charge in [-0.25, -0.2) is 8.78 Å². The quantitative estimate of drug-likeness (QED) is 0.837. The molecule has 0 saturated carbocycles. The molecule has 0 aromatic heterocycles. The number of rotatable bonds is 2. The number of aromatic hydroxyl groups is 1. The fraction of sp³-hybridized carbons (Fsp3) is 0.250. The summed E-state index contributed by atoms with van der Waals surface area (Å²) < 4.78 is 24.5. The Balaban J connectivity index is 3.20. The number of benzene rings is 1. The standard InChI is InChI=1S/C8H7Cl2F2NO/c9-3-1-4(6(13)8(11)12)7(14)5(10)2-3/h1-2,6,8,14H,13H2/t6-/m0/s1. The zero-order valence-electron chi connectivity index (χ0n) is 6.85. The van der Waals surface area contributed by atoms with Gasteiger partial charge >= 0.3 is 0 Å². The Morgan fingerprint density at radius 1 is 1.29 bits per heavy atom. The van der Waals surface area contributed by atoms with Gasteiger partial charge in [0.25, 0.3) is 6.43 Å². The fourth-order valence-corrected chi connectivity index (χ4v) is 1.48. The van der Waals surface area contributed by atoms with Crippen LogP contribution in [0, 0.1) is 0 Å². The number of phenolic OH excluding ortho intramolecular Hbond substituents is 1. The van der Waals surface area contributed by atoms with Crippen LogP contribution in [0.4, 0.5) is 8.78 Å². The summed E-state index contributed by atoms with van der Waals surface area (Å²) in [6.07, 6.45) is -2.78. The molecule has 1 aromatic rings. The van der Waals surface area contributed by atoms with Gasteiger partial charge in [0, 0.05) is 10.6 Å². The summed E-state index contributed by atoms with van der Waals surface area (Å²) in [4.78, 5) is 0. The van der Waals surface area contributed by atoms with Crippen LogP contribution >= 0.6 is 23.2 Å². The van der Waals surface area contributed by atoms with Crippen LogP contribution in [0.2, 0.25) is 10.0 Å². The highest BCUT2D eigenvalue weighted by molar-refractivity contribution is 6.35. The van der Waals surface area contributed by atoms with Crippen molar-refractivity contribution in [3.63, 3.8) is 0 Å². The van der Waals surface area contributed by atoms with Crippen LogP contribution in [0.1, 0.15) is 11.6 Å². The van der Waals surface area contributed by atoms with Gasteiger partial charge in [-0.05, 0) is 12.1 Å². The van der Waals surface area contributed by atoms with Crippen LogP contribution < -0.4 is 5.73 Å². The molecule has 0 aliphatic carbocycles. The third kappa shape index (κ3) is 2.26. The molecule has 3 N–H and O–H groups in total. The van der Waals surface area contributed by atoms with E-state index in [9.17, 15) is 13.9 Å². The molecule has 0 spiro atoms. The molecule has 78 valence electrons. The van der Waals surface area contributed by atoms with E-state index in [1.165, 1.54) is 12.1 Å². The van der Waals surface area contributed by atoms with E-state index in [0.29, 0.717) is 0 Å². The molecule has 0 unspecified atom stereocenters. The van der Waals surface area contributed by atoms with E-state index in [0.717, 1.165) is 0 Å². The van der Waals surface area contributed by atoms with Crippen molar-refractivity contribution in [3.8, 4) is 5.75 Å². The summed E-state index contributed by atoms with van der Waals surface area (Å²) in [5, 5.41) is 9.40. The average Bonchev–Trinajstić information content (AvgIpc) is 2.09. The molecule has 0 amide bonds.